The Balaban J connectivity index is 1.59. The van der Waals surface area contributed by atoms with Gasteiger partial charge >= 0.3 is 0 Å². The molecule has 0 atom stereocenters. The van der Waals surface area contributed by atoms with Crippen LogP contribution in [0.3, 0.4) is 0 Å². The van der Waals surface area contributed by atoms with Crippen molar-refractivity contribution >= 4 is 27.7 Å². The van der Waals surface area contributed by atoms with Crippen molar-refractivity contribution in [1.82, 2.24) is 15.3 Å². The number of aromatic nitrogens is 2. The Morgan fingerprint density at radius 2 is 1.68 bits per heavy atom. The molecule has 2 aromatic heterocycles. The van der Waals surface area contributed by atoms with E-state index in [0.717, 1.165) is 28.3 Å². The largest absolute Gasteiger partial charge is 0.350 e. The first kappa shape index (κ1) is 15.2. The predicted octanol–water partition coefficient (Wildman–Crippen LogP) is 2.98. The van der Waals surface area contributed by atoms with Gasteiger partial charge in [-0.1, -0.05) is 48.5 Å². The predicted molar refractivity (Wildman–Crippen MR) is 98.9 cm³/mol. The summed E-state index contributed by atoms with van der Waals surface area (Å²) in [5.41, 5.74) is 2.51. The summed E-state index contributed by atoms with van der Waals surface area (Å²) >= 11 is 0. The maximum absolute atomic E-state index is 12.4. The number of benzene rings is 2. The zero-order chi connectivity index (χ0) is 17.2. The Kier molecular flexibility index (Phi) is 3.82. The summed E-state index contributed by atoms with van der Waals surface area (Å²) in [5, 5.41) is 4.55. The van der Waals surface area contributed by atoms with E-state index in [1.165, 1.54) is 0 Å². The van der Waals surface area contributed by atoms with E-state index in [4.69, 9.17) is 0 Å². The topological polar surface area (TPSA) is 77.8 Å². The summed E-state index contributed by atoms with van der Waals surface area (Å²) in [6.07, 6.45) is 0.742. The quantitative estimate of drug-likeness (QED) is 0.537. The van der Waals surface area contributed by atoms with E-state index >= 15 is 0 Å². The summed E-state index contributed by atoms with van der Waals surface area (Å²) in [6.45, 7) is 0.511. The number of H-pyrrole nitrogens is 2. The van der Waals surface area contributed by atoms with Crippen LogP contribution in [0.25, 0.3) is 21.8 Å². The van der Waals surface area contributed by atoms with Crippen LogP contribution in [0.15, 0.2) is 65.5 Å². The molecule has 0 bridgehead atoms. The molecule has 0 fully saturated rings. The first-order valence-electron chi connectivity index (χ1n) is 8.18. The highest BCUT2D eigenvalue weighted by molar-refractivity contribution is 6.08. The number of carbonyl (C=O) groups excluding carboxylic acids is 1. The molecule has 25 heavy (non-hydrogen) atoms. The molecule has 4 rings (SSSR count). The third kappa shape index (κ3) is 2.92. The second-order valence-electron chi connectivity index (χ2n) is 5.96. The molecule has 0 saturated heterocycles. The molecule has 0 unspecified atom stereocenters. The molecule has 0 saturated carbocycles. The van der Waals surface area contributed by atoms with Crippen LogP contribution < -0.4 is 10.9 Å². The van der Waals surface area contributed by atoms with E-state index < -0.39 is 0 Å². The van der Waals surface area contributed by atoms with Crippen molar-refractivity contribution in [3.05, 3.63) is 82.3 Å². The number of amides is 1. The molecule has 2 heterocycles. The molecule has 1 amide bonds. The van der Waals surface area contributed by atoms with Crippen molar-refractivity contribution in [2.24, 2.45) is 0 Å². The minimum Gasteiger partial charge on any atom is -0.350 e. The lowest BCUT2D eigenvalue weighted by molar-refractivity contribution is 0.0949. The number of pyridine rings is 1. The molecule has 4 aromatic rings. The lowest BCUT2D eigenvalue weighted by atomic mass is 10.1. The number of aromatic amines is 2. The number of hydrogen-bond donors (Lipinski definition) is 3. The Hall–Kier alpha value is -3.34. The Labute approximate surface area is 143 Å². The number of fused-ring (bicyclic) bond motifs is 3. The molecular weight excluding hydrogens is 314 g/mol. The number of nitrogens with one attached hydrogen (secondary N) is 3. The molecule has 2 aromatic carbocycles. The van der Waals surface area contributed by atoms with E-state index in [2.05, 4.69) is 15.3 Å². The fourth-order valence-corrected chi connectivity index (χ4v) is 3.04. The summed E-state index contributed by atoms with van der Waals surface area (Å²) in [4.78, 5) is 30.5. The first-order chi connectivity index (χ1) is 12.2. The fraction of sp³-hybridized carbons (Fsp3) is 0.100. The van der Waals surface area contributed by atoms with Crippen molar-refractivity contribution in [2.45, 2.75) is 6.42 Å². The van der Waals surface area contributed by atoms with Gasteiger partial charge in [-0.3, -0.25) is 9.59 Å². The van der Waals surface area contributed by atoms with Crippen molar-refractivity contribution < 1.29 is 4.79 Å². The van der Waals surface area contributed by atoms with Crippen molar-refractivity contribution in [3.8, 4) is 0 Å². The molecule has 0 aliphatic heterocycles. The zero-order valence-electron chi connectivity index (χ0n) is 13.5. The highest BCUT2D eigenvalue weighted by Crippen LogP contribution is 2.23. The van der Waals surface area contributed by atoms with E-state index in [1.807, 2.05) is 54.6 Å². The normalized spacial score (nSPS) is 11.0. The average Bonchev–Trinajstić information content (AvgIpc) is 3.02. The van der Waals surface area contributed by atoms with Crippen molar-refractivity contribution in [3.63, 3.8) is 0 Å². The Morgan fingerprint density at radius 3 is 2.52 bits per heavy atom. The van der Waals surface area contributed by atoms with Crippen LogP contribution in [0.5, 0.6) is 0 Å². The molecule has 5 heteroatoms. The molecule has 0 radical (unpaired) electrons. The zero-order valence-corrected chi connectivity index (χ0v) is 13.5. The lowest BCUT2D eigenvalue weighted by Crippen LogP contribution is -2.28. The van der Waals surface area contributed by atoms with Gasteiger partial charge in [0.25, 0.3) is 11.5 Å². The summed E-state index contributed by atoms with van der Waals surface area (Å²) in [6, 6.07) is 19.3. The average molecular weight is 331 g/mol. The fourth-order valence-electron chi connectivity index (χ4n) is 3.04. The standard InChI is InChI=1S/C20H17N3O2/c24-19(21-11-10-13-6-2-1-3-7-13)17-12-15-14-8-4-5-9-16(14)22-18(15)20(25)23-17/h1-9,12,22H,10-11H2,(H,21,24)(H,23,25). The van der Waals surface area contributed by atoms with Gasteiger partial charge in [-0.25, -0.2) is 0 Å². The molecule has 5 nitrogen and oxygen atoms in total. The van der Waals surface area contributed by atoms with E-state index in [0.29, 0.717) is 12.1 Å². The third-order valence-corrected chi connectivity index (χ3v) is 4.30. The first-order valence-corrected chi connectivity index (χ1v) is 8.18. The molecule has 0 spiro atoms. The highest BCUT2D eigenvalue weighted by atomic mass is 16.2. The Morgan fingerprint density at radius 1 is 0.920 bits per heavy atom. The Bertz CT molecular complexity index is 1110. The van der Waals surface area contributed by atoms with Crippen LogP contribution in [0.1, 0.15) is 16.1 Å². The number of para-hydroxylation sites is 1. The maximum atomic E-state index is 12.4. The van der Waals surface area contributed by atoms with E-state index in [1.54, 1.807) is 6.07 Å². The molecule has 0 aliphatic rings. The number of rotatable bonds is 4. The molecule has 124 valence electrons. The lowest BCUT2D eigenvalue weighted by Gasteiger charge is -2.05. The van der Waals surface area contributed by atoms with Gasteiger partial charge in [0.05, 0.1) is 0 Å². The second kappa shape index (κ2) is 6.28. The van der Waals surface area contributed by atoms with Crippen molar-refractivity contribution in [2.75, 3.05) is 6.54 Å². The molecular formula is C20H17N3O2. The maximum Gasteiger partial charge on any atom is 0.272 e. The number of hydrogen-bond acceptors (Lipinski definition) is 2. The number of carbonyl (C=O) groups is 1. The van der Waals surface area contributed by atoms with Crippen LogP contribution >= 0.6 is 0 Å². The molecule has 3 N–H and O–H groups in total. The third-order valence-electron chi connectivity index (χ3n) is 4.30. The summed E-state index contributed by atoms with van der Waals surface area (Å²) in [7, 11) is 0. The molecule has 0 aliphatic carbocycles. The SMILES string of the molecule is O=C(NCCc1ccccc1)c1cc2c([nH]c3ccccc32)c(=O)[nH]1. The summed E-state index contributed by atoms with van der Waals surface area (Å²) in [5.74, 6) is -0.278. The monoisotopic (exact) mass is 331 g/mol. The van der Waals surface area contributed by atoms with Gasteiger partial charge in [-0.05, 0) is 24.1 Å². The smallest absolute Gasteiger partial charge is 0.272 e. The summed E-state index contributed by atoms with van der Waals surface area (Å²) < 4.78 is 0. The van der Waals surface area contributed by atoms with Gasteiger partial charge < -0.3 is 15.3 Å². The van der Waals surface area contributed by atoms with Crippen LogP contribution in [0, 0.1) is 0 Å². The van der Waals surface area contributed by atoms with E-state index in [9.17, 15) is 9.59 Å². The van der Waals surface area contributed by atoms with Crippen LogP contribution in [0.4, 0.5) is 0 Å². The van der Waals surface area contributed by atoms with Crippen molar-refractivity contribution in [1.29, 1.82) is 0 Å². The van der Waals surface area contributed by atoms with E-state index in [-0.39, 0.29) is 17.2 Å². The highest BCUT2D eigenvalue weighted by Gasteiger charge is 2.12. The minimum atomic E-state index is -0.290. The van der Waals surface area contributed by atoms with Gasteiger partial charge in [0.1, 0.15) is 11.2 Å². The van der Waals surface area contributed by atoms with Gasteiger partial charge in [0, 0.05) is 22.8 Å². The van der Waals surface area contributed by atoms with Crippen LogP contribution in [-0.2, 0) is 6.42 Å². The second-order valence-corrected chi connectivity index (χ2v) is 5.96. The van der Waals surface area contributed by atoms with Gasteiger partial charge in [-0.15, -0.1) is 0 Å². The minimum absolute atomic E-state index is 0.273. The van der Waals surface area contributed by atoms with Crippen LogP contribution in [0.2, 0.25) is 0 Å². The van der Waals surface area contributed by atoms with Crippen LogP contribution in [-0.4, -0.2) is 22.4 Å². The van der Waals surface area contributed by atoms with Gasteiger partial charge in [0.15, 0.2) is 0 Å². The van der Waals surface area contributed by atoms with Gasteiger partial charge in [0.2, 0.25) is 0 Å². The van der Waals surface area contributed by atoms with Gasteiger partial charge in [-0.2, -0.15) is 0 Å².